The molecule has 0 radical (unpaired) electrons. The summed E-state index contributed by atoms with van der Waals surface area (Å²) in [6, 6.07) is 25.3. The number of allylic oxidation sites excluding steroid dienone is 4. The lowest BCUT2D eigenvalue weighted by molar-refractivity contribution is -0.592. The highest BCUT2D eigenvalue weighted by Gasteiger charge is 2.29. The van der Waals surface area contributed by atoms with Crippen LogP contribution in [0.15, 0.2) is 97.1 Å². The minimum atomic E-state index is 0.277. The van der Waals surface area contributed by atoms with Gasteiger partial charge in [-0.05, 0) is 30.0 Å². The molecule has 27 heavy (non-hydrogen) atoms. The van der Waals surface area contributed by atoms with Gasteiger partial charge in [-0.15, -0.1) is 5.10 Å². The fourth-order valence-corrected chi connectivity index (χ4v) is 3.78. The Labute approximate surface area is 158 Å². The van der Waals surface area contributed by atoms with Gasteiger partial charge >= 0.3 is 5.82 Å². The maximum absolute atomic E-state index is 4.72. The summed E-state index contributed by atoms with van der Waals surface area (Å²) >= 11 is 0. The van der Waals surface area contributed by atoms with Crippen molar-refractivity contribution in [1.82, 2.24) is 10.2 Å². The van der Waals surface area contributed by atoms with E-state index < -0.39 is 0 Å². The molecule has 0 bridgehead atoms. The van der Waals surface area contributed by atoms with Gasteiger partial charge in [-0.3, -0.25) is 0 Å². The van der Waals surface area contributed by atoms with Crippen LogP contribution >= 0.6 is 0 Å². The summed E-state index contributed by atoms with van der Waals surface area (Å²) in [6.07, 6.45) is 9.64. The number of aromatic amines is 1. The molecule has 1 atom stereocenters. The van der Waals surface area contributed by atoms with Crippen LogP contribution in [0.1, 0.15) is 18.2 Å². The molecule has 0 spiro atoms. The van der Waals surface area contributed by atoms with Crippen LogP contribution in [-0.4, -0.2) is 10.2 Å². The first-order valence-corrected chi connectivity index (χ1v) is 9.29. The fourth-order valence-electron chi connectivity index (χ4n) is 3.78. The van der Waals surface area contributed by atoms with E-state index in [-0.39, 0.29) is 5.92 Å². The van der Waals surface area contributed by atoms with Gasteiger partial charge in [0.15, 0.2) is 0 Å². The number of nitrogens with one attached hydrogen (secondary N) is 1. The maximum atomic E-state index is 4.72. The van der Waals surface area contributed by atoms with Crippen LogP contribution in [-0.2, 0) is 0 Å². The van der Waals surface area contributed by atoms with E-state index in [1.807, 2.05) is 6.07 Å². The van der Waals surface area contributed by atoms with Gasteiger partial charge in [0.2, 0.25) is 5.82 Å². The van der Waals surface area contributed by atoms with Crippen molar-refractivity contribution in [3.8, 4) is 17.1 Å². The monoisotopic (exact) mass is 350 g/mol. The molecule has 3 heteroatoms. The van der Waals surface area contributed by atoms with Crippen molar-refractivity contribution >= 4 is 10.8 Å². The predicted molar refractivity (Wildman–Crippen MR) is 109 cm³/mol. The molecule has 1 heterocycles. The first-order chi connectivity index (χ1) is 13.4. The van der Waals surface area contributed by atoms with E-state index in [9.17, 15) is 0 Å². The number of hydrogen-bond acceptors (Lipinski definition) is 1. The molecule has 1 aliphatic rings. The van der Waals surface area contributed by atoms with E-state index in [1.165, 1.54) is 10.8 Å². The Balaban J connectivity index is 1.79. The SMILES string of the molecule is C1=CCC(c2[nH]nc(-c3ccccc3)[n+]2-c2cccc3ccccc23)C=C1. The summed E-state index contributed by atoms with van der Waals surface area (Å²) in [7, 11) is 0. The molecule has 4 aromatic rings. The average molecular weight is 350 g/mol. The third-order valence-electron chi connectivity index (χ3n) is 5.10. The molecule has 1 unspecified atom stereocenters. The van der Waals surface area contributed by atoms with Crippen molar-refractivity contribution in [3.63, 3.8) is 0 Å². The Morgan fingerprint density at radius 1 is 0.852 bits per heavy atom. The van der Waals surface area contributed by atoms with E-state index in [0.717, 1.165) is 29.3 Å². The van der Waals surface area contributed by atoms with Gasteiger partial charge in [-0.25, -0.2) is 0 Å². The Kier molecular flexibility index (Phi) is 3.91. The Morgan fingerprint density at radius 2 is 1.67 bits per heavy atom. The average Bonchev–Trinajstić information content (AvgIpc) is 3.19. The summed E-state index contributed by atoms with van der Waals surface area (Å²) < 4.78 is 2.28. The van der Waals surface area contributed by atoms with Crippen LogP contribution in [0.25, 0.3) is 27.8 Å². The largest absolute Gasteiger partial charge is 0.313 e. The standard InChI is InChI=1S/C24H19N3/c1-3-11-19(12-4-1)23-25-26-24(20-13-5-2-6-14-20)27(23)22-17-9-15-18-10-7-8-16-21(18)22/h1-13,15-17,20H,14H2/p+1. The Morgan fingerprint density at radius 3 is 2.52 bits per heavy atom. The van der Waals surface area contributed by atoms with Gasteiger partial charge in [-0.2, -0.15) is 4.57 Å². The maximum Gasteiger partial charge on any atom is 0.313 e. The lowest BCUT2D eigenvalue weighted by Gasteiger charge is -2.13. The molecule has 0 saturated heterocycles. The van der Waals surface area contributed by atoms with Crippen LogP contribution in [0.3, 0.4) is 0 Å². The van der Waals surface area contributed by atoms with Gasteiger partial charge in [0.05, 0.1) is 11.5 Å². The van der Waals surface area contributed by atoms with Crippen LogP contribution in [0, 0.1) is 0 Å². The number of nitrogens with zero attached hydrogens (tertiary/aromatic N) is 2. The molecule has 1 aliphatic carbocycles. The van der Waals surface area contributed by atoms with Crippen molar-refractivity contribution < 1.29 is 4.57 Å². The molecular weight excluding hydrogens is 330 g/mol. The van der Waals surface area contributed by atoms with E-state index >= 15 is 0 Å². The number of rotatable bonds is 3. The molecule has 5 rings (SSSR count). The normalized spacial score (nSPS) is 16.1. The molecule has 0 amide bonds. The molecule has 1 N–H and O–H groups in total. The minimum absolute atomic E-state index is 0.277. The molecule has 0 aliphatic heterocycles. The topological polar surface area (TPSA) is 32.6 Å². The van der Waals surface area contributed by atoms with Crippen molar-refractivity contribution in [3.05, 3.63) is 103 Å². The van der Waals surface area contributed by atoms with Gasteiger partial charge in [0, 0.05) is 10.5 Å². The number of fused-ring (bicyclic) bond motifs is 1. The third-order valence-corrected chi connectivity index (χ3v) is 5.10. The molecule has 0 saturated carbocycles. The second kappa shape index (κ2) is 6.69. The Bertz CT molecular complexity index is 1150. The molecule has 130 valence electrons. The zero-order valence-corrected chi connectivity index (χ0v) is 14.9. The van der Waals surface area contributed by atoms with Crippen molar-refractivity contribution in [2.24, 2.45) is 0 Å². The molecule has 3 nitrogen and oxygen atoms in total. The minimum Gasteiger partial charge on any atom is -0.193 e. The first kappa shape index (κ1) is 15.8. The zero-order valence-electron chi connectivity index (χ0n) is 14.9. The van der Waals surface area contributed by atoms with Crippen LogP contribution < -0.4 is 4.57 Å². The molecule has 3 aromatic carbocycles. The summed E-state index contributed by atoms with van der Waals surface area (Å²) in [6.45, 7) is 0. The summed E-state index contributed by atoms with van der Waals surface area (Å²) in [4.78, 5) is 0. The van der Waals surface area contributed by atoms with Gasteiger partial charge < -0.3 is 0 Å². The van der Waals surface area contributed by atoms with E-state index in [0.29, 0.717) is 0 Å². The highest BCUT2D eigenvalue weighted by atomic mass is 15.3. The molecular formula is C24H20N3+. The summed E-state index contributed by atoms with van der Waals surface area (Å²) in [5.41, 5.74) is 2.25. The zero-order chi connectivity index (χ0) is 18.1. The van der Waals surface area contributed by atoms with Gasteiger partial charge in [-0.1, -0.05) is 78.9 Å². The highest BCUT2D eigenvalue weighted by molar-refractivity contribution is 5.88. The lowest BCUT2D eigenvalue weighted by Crippen LogP contribution is -2.37. The van der Waals surface area contributed by atoms with Crippen molar-refractivity contribution in [2.45, 2.75) is 12.3 Å². The molecule has 0 fully saturated rings. The number of benzene rings is 3. The van der Waals surface area contributed by atoms with Crippen molar-refractivity contribution in [2.75, 3.05) is 0 Å². The van der Waals surface area contributed by atoms with Crippen LogP contribution in [0.4, 0.5) is 0 Å². The third kappa shape index (κ3) is 2.77. The fraction of sp³-hybridized carbons (Fsp3) is 0.0833. The highest BCUT2D eigenvalue weighted by Crippen LogP contribution is 2.27. The van der Waals surface area contributed by atoms with E-state index in [1.54, 1.807) is 0 Å². The van der Waals surface area contributed by atoms with Crippen LogP contribution in [0.2, 0.25) is 0 Å². The quantitative estimate of drug-likeness (QED) is 0.512. The number of hydrogen-bond donors (Lipinski definition) is 1. The predicted octanol–water partition coefficient (Wildman–Crippen LogP) is 5.11. The number of H-pyrrole nitrogens is 1. The molecule has 1 aromatic heterocycles. The summed E-state index contributed by atoms with van der Waals surface area (Å²) in [5, 5.41) is 10.5. The lowest BCUT2D eigenvalue weighted by atomic mass is 9.99. The summed E-state index contributed by atoms with van der Waals surface area (Å²) in [5.74, 6) is 2.31. The van der Waals surface area contributed by atoms with Crippen LogP contribution in [0.5, 0.6) is 0 Å². The smallest absolute Gasteiger partial charge is 0.193 e. The van der Waals surface area contributed by atoms with E-state index in [2.05, 4.69) is 101 Å². The second-order valence-electron chi connectivity index (χ2n) is 6.79. The van der Waals surface area contributed by atoms with Gasteiger partial charge in [0.1, 0.15) is 5.69 Å². The van der Waals surface area contributed by atoms with Crippen molar-refractivity contribution in [1.29, 1.82) is 0 Å². The van der Waals surface area contributed by atoms with Gasteiger partial charge in [0.25, 0.3) is 0 Å². The first-order valence-electron chi connectivity index (χ1n) is 9.29. The van der Waals surface area contributed by atoms with E-state index in [4.69, 9.17) is 5.10 Å². The Hall–Kier alpha value is -3.46. The number of aromatic nitrogens is 3. The second-order valence-corrected chi connectivity index (χ2v) is 6.79.